The summed E-state index contributed by atoms with van der Waals surface area (Å²) in [5.74, 6) is -4.11. The standard InChI is InChI=1S/C12H18O4/c1-2-3-4-5-6-9-7-8-12(15,16)11(14)10(9)13/h7-8,13,15-16H,2-6H2,1H3. The Hall–Kier alpha value is -1.13. The molecule has 1 aliphatic carbocycles. The minimum absolute atomic E-state index is 0.486. The first kappa shape index (κ1) is 12.9. The van der Waals surface area contributed by atoms with E-state index in [1.807, 2.05) is 0 Å². The molecule has 0 amide bonds. The third-order valence-corrected chi connectivity index (χ3v) is 2.67. The van der Waals surface area contributed by atoms with E-state index >= 15 is 0 Å². The number of carbonyl (C=O) groups is 1. The number of ketones is 1. The number of hydrogen-bond donors (Lipinski definition) is 3. The van der Waals surface area contributed by atoms with Gasteiger partial charge in [0.15, 0.2) is 5.76 Å². The number of allylic oxidation sites excluding steroid dienone is 2. The Bertz CT molecular complexity index is 326. The van der Waals surface area contributed by atoms with E-state index in [1.54, 1.807) is 0 Å². The van der Waals surface area contributed by atoms with Crippen molar-refractivity contribution < 1.29 is 20.1 Å². The minimum atomic E-state index is -2.54. The molecule has 0 heterocycles. The Balaban J connectivity index is 2.58. The molecule has 0 unspecified atom stereocenters. The molecule has 0 aromatic rings. The first-order chi connectivity index (χ1) is 7.49. The summed E-state index contributed by atoms with van der Waals surface area (Å²) in [4.78, 5) is 11.3. The lowest BCUT2D eigenvalue weighted by atomic mass is 9.95. The summed E-state index contributed by atoms with van der Waals surface area (Å²) in [6, 6.07) is 0. The lowest BCUT2D eigenvalue weighted by Gasteiger charge is -2.20. The van der Waals surface area contributed by atoms with Crippen LogP contribution in [-0.4, -0.2) is 26.9 Å². The van der Waals surface area contributed by atoms with Crippen LogP contribution in [0.5, 0.6) is 0 Å². The minimum Gasteiger partial charge on any atom is -0.504 e. The summed E-state index contributed by atoms with van der Waals surface area (Å²) in [6.07, 6.45) is 7.16. The molecule has 0 spiro atoms. The molecule has 1 aliphatic rings. The van der Waals surface area contributed by atoms with Gasteiger partial charge in [-0.1, -0.05) is 32.3 Å². The molecule has 0 aromatic heterocycles. The highest BCUT2D eigenvalue weighted by atomic mass is 16.5. The molecule has 0 atom stereocenters. The number of rotatable bonds is 5. The summed E-state index contributed by atoms with van der Waals surface area (Å²) < 4.78 is 0. The van der Waals surface area contributed by atoms with Gasteiger partial charge in [-0.15, -0.1) is 0 Å². The Morgan fingerprint density at radius 3 is 2.56 bits per heavy atom. The molecule has 0 radical (unpaired) electrons. The van der Waals surface area contributed by atoms with Crippen molar-refractivity contribution in [2.24, 2.45) is 0 Å². The van der Waals surface area contributed by atoms with Gasteiger partial charge >= 0.3 is 0 Å². The van der Waals surface area contributed by atoms with E-state index < -0.39 is 17.3 Å². The Morgan fingerprint density at radius 1 is 1.25 bits per heavy atom. The third-order valence-electron chi connectivity index (χ3n) is 2.67. The van der Waals surface area contributed by atoms with Gasteiger partial charge in [-0.05, 0) is 24.5 Å². The Kier molecular flexibility index (Phi) is 4.26. The summed E-state index contributed by atoms with van der Waals surface area (Å²) >= 11 is 0. The molecule has 0 fully saturated rings. The van der Waals surface area contributed by atoms with Crippen LogP contribution in [0, 0.1) is 0 Å². The number of Topliss-reactive ketones (excluding diaryl/α,β-unsaturated/α-hetero) is 1. The zero-order valence-corrected chi connectivity index (χ0v) is 9.44. The maximum atomic E-state index is 11.3. The van der Waals surface area contributed by atoms with Crippen LogP contribution in [0.1, 0.15) is 39.0 Å². The fourth-order valence-electron chi connectivity index (χ4n) is 1.64. The molecule has 0 bridgehead atoms. The average molecular weight is 226 g/mol. The van der Waals surface area contributed by atoms with Gasteiger partial charge in [-0.25, -0.2) is 0 Å². The number of carbonyl (C=O) groups excluding carboxylic acids is 1. The van der Waals surface area contributed by atoms with Crippen molar-refractivity contribution in [3.05, 3.63) is 23.5 Å². The van der Waals surface area contributed by atoms with Crippen LogP contribution in [-0.2, 0) is 4.79 Å². The topological polar surface area (TPSA) is 77.8 Å². The van der Waals surface area contributed by atoms with Gasteiger partial charge in [0.05, 0.1) is 0 Å². The largest absolute Gasteiger partial charge is 0.504 e. The van der Waals surface area contributed by atoms with E-state index in [0.717, 1.165) is 31.8 Å². The van der Waals surface area contributed by atoms with Gasteiger partial charge in [0.1, 0.15) is 0 Å². The molecule has 3 N–H and O–H groups in total. The smallest absolute Gasteiger partial charge is 0.260 e. The summed E-state index contributed by atoms with van der Waals surface area (Å²) in [7, 11) is 0. The molecular formula is C12H18O4. The van der Waals surface area contributed by atoms with Crippen LogP contribution in [0.3, 0.4) is 0 Å². The van der Waals surface area contributed by atoms with Gasteiger partial charge in [0, 0.05) is 0 Å². The highest BCUT2D eigenvalue weighted by Crippen LogP contribution is 2.24. The normalized spacial score (nSPS) is 19.3. The van der Waals surface area contributed by atoms with E-state index in [0.29, 0.717) is 12.0 Å². The quantitative estimate of drug-likeness (QED) is 0.491. The van der Waals surface area contributed by atoms with Gasteiger partial charge in [0.25, 0.3) is 11.6 Å². The van der Waals surface area contributed by atoms with Gasteiger partial charge in [-0.3, -0.25) is 4.79 Å². The molecule has 0 saturated carbocycles. The fourth-order valence-corrected chi connectivity index (χ4v) is 1.64. The molecule has 4 nitrogen and oxygen atoms in total. The molecule has 0 aromatic carbocycles. The van der Waals surface area contributed by atoms with Crippen molar-refractivity contribution in [3.8, 4) is 0 Å². The van der Waals surface area contributed by atoms with Crippen molar-refractivity contribution in [2.75, 3.05) is 0 Å². The van der Waals surface area contributed by atoms with Crippen molar-refractivity contribution in [2.45, 2.75) is 44.8 Å². The van der Waals surface area contributed by atoms with Crippen LogP contribution >= 0.6 is 0 Å². The van der Waals surface area contributed by atoms with E-state index in [4.69, 9.17) is 10.2 Å². The second-order valence-corrected chi connectivity index (χ2v) is 4.07. The van der Waals surface area contributed by atoms with Crippen LogP contribution in [0.4, 0.5) is 0 Å². The zero-order chi connectivity index (χ0) is 12.2. The number of hydrogen-bond acceptors (Lipinski definition) is 4. The second-order valence-electron chi connectivity index (χ2n) is 4.07. The third kappa shape index (κ3) is 2.93. The van der Waals surface area contributed by atoms with Crippen LogP contribution < -0.4 is 0 Å². The van der Waals surface area contributed by atoms with Gasteiger partial charge in [0.2, 0.25) is 0 Å². The van der Waals surface area contributed by atoms with E-state index in [9.17, 15) is 9.90 Å². The first-order valence-corrected chi connectivity index (χ1v) is 5.60. The molecular weight excluding hydrogens is 208 g/mol. The zero-order valence-electron chi connectivity index (χ0n) is 9.44. The monoisotopic (exact) mass is 226 g/mol. The maximum absolute atomic E-state index is 11.3. The maximum Gasteiger partial charge on any atom is 0.260 e. The molecule has 90 valence electrons. The van der Waals surface area contributed by atoms with Crippen molar-refractivity contribution in [3.63, 3.8) is 0 Å². The SMILES string of the molecule is CCCCCCC1=C(O)C(=O)C(O)(O)C=C1. The van der Waals surface area contributed by atoms with Gasteiger partial charge in [-0.2, -0.15) is 0 Å². The van der Waals surface area contributed by atoms with Crippen molar-refractivity contribution >= 4 is 5.78 Å². The Morgan fingerprint density at radius 2 is 1.94 bits per heavy atom. The van der Waals surface area contributed by atoms with Crippen molar-refractivity contribution in [1.29, 1.82) is 0 Å². The first-order valence-electron chi connectivity index (χ1n) is 5.60. The predicted octanol–water partition coefficient (Wildman–Crippen LogP) is 1.59. The molecule has 1 rings (SSSR count). The lowest BCUT2D eigenvalue weighted by molar-refractivity contribution is -0.164. The van der Waals surface area contributed by atoms with Gasteiger partial charge < -0.3 is 15.3 Å². The van der Waals surface area contributed by atoms with Crippen LogP contribution in [0.25, 0.3) is 0 Å². The van der Waals surface area contributed by atoms with Crippen molar-refractivity contribution in [1.82, 2.24) is 0 Å². The predicted molar refractivity (Wildman–Crippen MR) is 59.7 cm³/mol. The van der Waals surface area contributed by atoms with E-state index in [2.05, 4.69) is 6.92 Å². The molecule has 4 heteroatoms. The number of aliphatic hydroxyl groups excluding tert-OH is 1. The van der Waals surface area contributed by atoms with Crippen LogP contribution in [0.2, 0.25) is 0 Å². The summed E-state index contributed by atoms with van der Waals surface area (Å²) in [5, 5.41) is 27.8. The molecule has 0 saturated heterocycles. The molecule has 0 aliphatic heterocycles. The lowest BCUT2D eigenvalue weighted by Crippen LogP contribution is -2.39. The average Bonchev–Trinajstić information content (AvgIpc) is 2.24. The number of unbranched alkanes of at least 4 members (excludes halogenated alkanes) is 3. The molecule has 16 heavy (non-hydrogen) atoms. The van der Waals surface area contributed by atoms with Crippen LogP contribution in [0.15, 0.2) is 23.5 Å². The van der Waals surface area contributed by atoms with E-state index in [1.165, 1.54) is 6.08 Å². The second kappa shape index (κ2) is 5.27. The fraction of sp³-hybridized carbons (Fsp3) is 0.583. The Labute approximate surface area is 94.9 Å². The summed E-state index contributed by atoms with van der Waals surface area (Å²) in [6.45, 7) is 2.10. The highest BCUT2D eigenvalue weighted by molar-refractivity contribution is 6.02. The number of aliphatic hydroxyl groups is 3. The highest BCUT2D eigenvalue weighted by Gasteiger charge is 2.36. The van der Waals surface area contributed by atoms with E-state index in [-0.39, 0.29) is 0 Å². The summed E-state index contributed by atoms with van der Waals surface area (Å²) in [5.41, 5.74) is 0.486.